The van der Waals surface area contributed by atoms with E-state index in [2.05, 4.69) is 10.6 Å². The van der Waals surface area contributed by atoms with Crippen LogP contribution in [-0.2, 0) is 4.79 Å². The van der Waals surface area contributed by atoms with Crippen LogP contribution in [0.1, 0.15) is 32.6 Å². The quantitative estimate of drug-likeness (QED) is 0.537. The van der Waals surface area contributed by atoms with E-state index in [9.17, 15) is 9.59 Å². The molecule has 0 aromatic heterocycles. The van der Waals surface area contributed by atoms with Crippen LogP contribution < -0.4 is 10.6 Å². The molecule has 0 aromatic carbocycles. The highest BCUT2D eigenvalue weighted by molar-refractivity contribution is 5.75. The highest BCUT2D eigenvalue weighted by atomic mass is 16.4. The summed E-state index contributed by atoms with van der Waals surface area (Å²) in [5.74, 6) is -0.888. The van der Waals surface area contributed by atoms with E-state index in [-0.39, 0.29) is 18.5 Å². The molecule has 18 heavy (non-hydrogen) atoms. The van der Waals surface area contributed by atoms with Gasteiger partial charge in [0.25, 0.3) is 0 Å². The minimum atomic E-state index is -0.888. The van der Waals surface area contributed by atoms with E-state index < -0.39 is 5.97 Å². The number of hydrogen-bond acceptors (Lipinski definition) is 3. The van der Waals surface area contributed by atoms with E-state index in [0.29, 0.717) is 13.0 Å². The van der Waals surface area contributed by atoms with Gasteiger partial charge in [0.15, 0.2) is 0 Å². The second kappa shape index (κ2) is 9.70. The van der Waals surface area contributed by atoms with E-state index >= 15 is 0 Å². The van der Waals surface area contributed by atoms with Gasteiger partial charge in [-0.1, -0.05) is 13.3 Å². The lowest BCUT2D eigenvalue weighted by molar-refractivity contribution is -0.137. The number of nitrogens with zero attached hydrogens (tertiary/aromatic N) is 1. The maximum atomic E-state index is 11.5. The third-order valence-electron chi connectivity index (χ3n) is 2.46. The van der Waals surface area contributed by atoms with Crippen molar-refractivity contribution in [2.45, 2.75) is 38.6 Å². The van der Waals surface area contributed by atoms with Crippen LogP contribution in [0.2, 0.25) is 0 Å². The fourth-order valence-electron chi connectivity index (χ4n) is 1.62. The summed E-state index contributed by atoms with van der Waals surface area (Å²) in [5, 5.41) is 14.1. The van der Waals surface area contributed by atoms with Gasteiger partial charge in [0, 0.05) is 12.6 Å². The average molecular weight is 259 g/mol. The minimum absolute atomic E-state index is 0.0288. The Bertz CT molecular complexity index is 257. The normalized spacial score (nSPS) is 12.2. The molecule has 1 unspecified atom stereocenters. The maximum absolute atomic E-state index is 11.5. The van der Waals surface area contributed by atoms with Gasteiger partial charge in [-0.25, -0.2) is 4.79 Å². The van der Waals surface area contributed by atoms with E-state index in [1.165, 1.54) is 0 Å². The molecule has 6 nitrogen and oxygen atoms in total. The third kappa shape index (κ3) is 9.89. The van der Waals surface area contributed by atoms with Gasteiger partial charge in [-0.05, 0) is 33.5 Å². The van der Waals surface area contributed by atoms with Crippen LogP contribution >= 0.6 is 0 Å². The lowest BCUT2D eigenvalue weighted by atomic mass is 10.1. The topological polar surface area (TPSA) is 81.7 Å². The van der Waals surface area contributed by atoms with Crippen molar-refractivity contribution in [3.63, 3.8) is 0 Å². The number of aliphatic carboxylic acids is 1. The number of carbonyl (C=O) groups is 2. The molecule has 0 bridgehead atoms. The van der Waals surface area contributed by atoms with Crippen molar-refractivity contribution in [3.05, 3.63) is 0 Å². The van der Waals surface area contributed by atoms with Crippen LogP contribution in [0, 0.1) is 0 Å². The zero-order valence-corrected chi connectivity index (χ0v) is 11.5. The highest BCUT2D eigenvalue weighted by Crippen LogP contribution is 2.01. The van der Waals surface area contributed by atoms with Crippen molar-refractivity contribution in [2.75, 3.05) is 27.2 Å². The summed E-state index contributed by atoms with van der Waals surface area (Å²) in [5.41, 5.74) is 0. The van der Waals surface area contributed by atoms with Crippen LogP contribution in [-0.4, -0.2) is 55.2 Å². The van der Waals surface area contributed by atoms with Crippen molar-refractivity contribution < 1.29 is 14.7 Å². The molecule has 6 heteroatoms. The zero-order valence-electron chi connectivity index (χ0n) is 11.5. The Labute approximate surface area is 109 Å². The van der Waals surface area contributed by atoms with Gasteiger partial charge >= 0.3 is 12.0 Å². The SMILES string of the molecule is CCCC(CC(=O)O)NC(=O)NCCCN(C)C. The number of carbonyl (C=O) groups excluding carboxylic acids is 1. The molecule has 0 radical (unpaired) electrons. The van der Waals surface area contributed by atoms with Crippen molar-refractivity contribution >= 4 is 12.0 Å². The number of amides is 2. The summed E-state index contributed by atoms with van der Waals surface area (Å²) in [7, 11) is 3.95. The number of carboxylic acids is 1. The smallest absolute Gasteiger partial charge is 0.315 e. The molecule has 0 aliphatic heterocycles. The Morgan fingerprint density at radius 3 is 2.50 bits per heavy atom. The largest absolute Gasteiger partial charge is 0.481 e. The molecule has 0 spiro atoms. The first-order valence-corrected chi connectivity index (χ1v) is 6.36. The first-order valence-electron chi connectivity index (χ1n) is 6.36. The standard InChI is InChI=1S/C12H25N3O3/c1-4-6-10(9-11(16)17)14-12(18)13-7-5-8-15(2)3/h10H,4-9H2,1-3H3,(H,16,17)(H2,13,14,18). The number of urea groups is 1. The molecule has 0 rings (SSSR count). The minimum Gasteiger partial charge on any atom is -0.481 e. The van der Waals surface area contributed by atoms with Crippen molar-refractivity contribution in [3.8, 4) is 0 Å². The van der Waals surface area contributed by atoms with Gasteiger partial charge in [0.1, 0.15) is 0 Å². The van der Waals surface area contributed by atoms with Gasteiger partial charge < -0.3 is 20.6 Å². The monoisotopic (exact) mass is 259 g/mol. The van der Waals surface area contributed by atoms with Gasteiger partial charge in [0.2, 0.25) is 0 Å². The average Bonchev–Trinajstić information content (AvgIpc) is 2.23. The van der Waals surface area contributed by atoms with Gasteiger partial charge in [0.05, 0.1) is 6.42 Å². The lowest BCUT2D eigenvalue weighted by Crippen LogP contribution is -2.43. The fourth-order valence-corrected chi connectivity index (χ4v) is 1.62. The molecule has 3 N–H and O–H groups in total. The molecule has 0 aromatic rings. The van der Waals surface area contributed by atoms with Crippen LogP contribution in [0.4, 0.5) is 4.79 Å². The summed E-state index contributed by atoms with van der Waals surface area (Å²) < 4.78 is 0. The molecule has 0 heterocycles. The second-order valence-electron chi connectivity index (χ2n) is 4.64. The van der Waals surface area contributed by atoms with Crippen LogP contribution in [0.3, 0.4) is 0 Å². The molecule has 0 saturated carbocycles. The molecular formula is C12H25N3O3. The third-order valence-corrected chi connectivity index (χ3v) is 2.46. The predicted octanol–water partition coefficient (Wildman–Crippen LogP) is 0.881. The van der Waals surface area contributed by atoms with Crippen LogP contribution in [0.25, 0.3) is 0 Å². The van der Waals surface area contributed by atoms with Gasteiger partial charge in [-0.15, -0.1) is 0 Å². The molecule has 0 fully saturated rings. The van der Waals surface area contributed by atoms with Crippen molar-refractivity contribution in [1.29, 1.82) is 0 Å². The predicted molar refractivity (Wildman–Crippen MR) is 70.7 cm³/mol. The molecular weight excluding hydrogens is 234 g/mol. The van der Waals surface area contributed by atoms with Crippen molar-refractivity contribution in [1.82, 2.24) is 15.5 Å². The van der Waals surface area contributed by atoms with E-state index in [4.69, 9.17) is 5.11 Å². The Morgan fingerprint density at radius 2 is 2.00 bits per heavy atom. The first kappa shape index (κ1) is 16.7. The van der Waals surface area contributed by atoms with E-state index in [1.54, 1.807) is 0 Å². The fraction of sp³-hybridized carbons (Fsp3) is 0.833. The Kier molecular flexibility index (Phi) is 9.00. The number of rotatable bonds is 9. The Balaban J connectivity index is 3.83. The van der Waals surface area contributed by atoms with E-state index in [0.717, 1.165) is 19.4 Å². The summed E-state index contributed by atoms with van der Waals surface area (Å²) in [6.45, 7) is 3.47. The molecule has 0 aliphatic rings. The lowest BCUT2D eigenvalue weighted by Gasteiger charge is -2.17. The second-order valence-corrected chi connectivity index (χ2v) is 4.64. The van der Waals surface area contributed by atoms with Crippen molar-refractivity contribution in [2.24, 2.45) is 0 Å². The zero-order chi connectivity index (χ0) is 14.0. The molecule has 106 valence electrons. The molecule has 1 atom stereocenters. The first-order chi connectivity index (χ1) is 8.45. The summed E-state index contributed by atoms with van der Waals surface area (Å²) in [6, 6.07) is -0.574. The summed E-state index contributed by atoms with van der Waals surface area (Å²) in [4.78, 5) is 24.2. The number of nitrogens with one attached hydrogen (secondary N) is 2. The number of carboxylic acid groups (broad SMARTS) is 1. The summed E-state index contributed by atoms with van der Waals surface area (Å²) in [6.07, 6.45) is 2.37. The number of hydrogen-bond donors (Lipinski definition) is 3. The molecule has 2 amide bonds. The maximum Gasteiger partial charge on any atom is 0.315 e. The molecule has 0 saturated heterocycles. The summed E-state index contributed by atoms with van der Waals surface area (Å²) >= 11 is 0. The van der Waals surface area contributed by atoms with Gasteiger partial charge in [-0.2, -0.15) is 0 Å². The van der Waals surface area contributed by atoms with Crippen LogP contribution in [0.15, 0.2) is 0 Å². The van der Waals surface area contributed by atoms with E-state index in [1.807, 2.05) is 25.9 Å². The van der Waals surface area contributed by atoms with Gasteiger partial charge in [-0.3, -0.25) is 4.79 Å². The van der Waals surface area contributed by atoms with Crippen LogP contribution in [0.5, 0.6) is 0 Å². The Morgan fingerprint density at radius 1 is 1.33 bits per heavy atom. The molecule has 0 aliphatic carbocycles. The Hall–Kier alpha value is -1.30. The highest BCUT2D eigenvalue weighted by Gasteiger charge is 2.14.